The topological polar surface area (TPSA) is 64.5 Å². The lowest BCUT2D eigenvalue weighted by atomic mass is 9.95. The second-order valence-corrected chi connectivity index (χ2v) is 8.74. The molecule has 2 atom stereocenters. The summed E-state index contributed by atoms with van der Waals surface area (Å²) in [5.74, 6) is 1.91. The molecule has 4 rings (SSSR count). The van der Waals surface area contributed by atoms with E-state index in [1.807, 2.05) is 0 Å². The Hall–Kier alpha value is -2.47. The van der Waals surface area contributed by atoms with Crippen molar-refractivity contribution in [3.63, 3.8) is 0 Å². The van der Waals surface area contributed by atoms with Crippen LogP contribution in [0, 0.1) is 5.92 Å². The van der Waals surface area contributed by atoms with Gasteiger partial charge in [-0.2, -0.15) is 0 Å². The fourth-order valence-corrected chi connectivity index (χ4v) is 4.22. The average molecular weight is 410 g/mol. The molecule has 2 fully saturated rings. The number of carbonyl (C=O) groups is 1. The van der Waals surface area contributed by atoms with E-state index in [9.17, 15) is 4.79 Å². The minimum Gasteiger partial charge on any atom is -0.447 e. The summed E-state index contributed by atoms with van der Waals surface area (Å²) in [4.78, 5) is 23.0. The van der Waals surface area contributed by atoms with Crippen LogP contribution >= 0.6 is 0 Å². The number of benzene rings is 1. The Kier molecular flexibility index (Phi) is 5.78. The molecule has 6 nitrogen and oxygen atoms in total. The van der Waals surface area contributed by atoms with E-state index in [1.165, 1.54) is 11.1 Å². The minimum absolute atomic E-state index is 0.00491. The molecule has 160 valence electrons. The number of carbonyl (C=O) groups excluding carboxylic acids is 1. The predicted octanol–water partition coefficient (Wildman–Crippen LogP) is 4.83. The zero-order valence-corrected chi connectivity index (χ0v) is 18.3. The summed E-state index contributed by atoms with van der Waals surface area (Å²) in [5, 5.41) is 0. The van der Waals surface area contributed by atoms with Gasteiger partial charge in [0.05, 0.1) is 11.6 Å². The van der Waals surface area contributed by atoms with E-state index in [4.69, 9.17) is 9.47 Å². The summed E-state index contributed by atoms with van der Waals surface area (Å²) in [6.45, 7) is 9.56. The van der Waals surface area contributed by atoms with Crippen LogP contribution in [0.5, 0.6) is 0 Å². The third-order valence-electron chi connectivity index (χ3n) is 6.23. The molecular formula is C24H31N3O3. The van der Waals surface area contributed by atoms with Crippen LogP contribution in [-0.4, -0.2) is 35.3 Å². The number of rotatable bonds is 8. The van der Waals surface area contributed by atoms with Crippen molar-refractivity contribution in [2.45, 2.75) is 64.5 Å². The molecule has 1 aromatic heterocycles. The Morgan fingerprint density at radius 1 is 1.20 bits per heavy atom. The highest BCUT2D eigenvalue weighted by atomic mass is 16.6. The van der Waals surface area contributed by atoms with Gasteiger partial charge in [0.25, 0.3) is 0 Å². The number of hydrogen-bond donors (Lipinski definition) is 0. The zero-order chi connectivity index (χ0) is 21.3. The zero-order valence-electron chi connectivity index (χ0n) is 18.3. The molecule has 1 aliphatic heterocycles. The van der Waals surface area contributed by atoms with Gasteiger partial charge >= 0.3 is 6.09 Å². The van der Waals surface area contributed by atoms with E-state index in [2.05, 4.69) is 61.9 Å². The first-order valence-electron chi connectivity index (χ1n) is 11.0. The third-order valence-corrected chi connectivity index (χ3v) is 6.23. The van der Waals surface area contributed by atoms with Crippen molar-refractivity contribution < 1.29 is 14.3 Å². The van der Waals surface area contributed by atoms with Crippen LogP contribution in [-0.2, 0) is 21.5 Å². The molecule has 0 unspecified atom stereocenters. The van der Waals surface area contributed by atoms with Crippen LogP contribution in [0.25, 0.3) is 0 Å². The molecule has 6 heteroatoms. The van der Waals surface area contributed by atoms with Gasteiger partial charge in [-0.15, -0.1) is 0 Å². The van der Waals surface area contributed by atoms with Crippen molar-refractivity contribution in [1.82, 2.24) is 9.97 Å². The van der Waals surface area contributed by atoms with E-state index < -0.39 is 0 Å². The molecule has 0 bridgehead atoms. The Morgan fingerprint density at radius 3 is 2.57 bits per heavy atom. The maximum Gasteiger partial charge on any atom is 0.415 e. The first-order valence-corrected chi connectivity index (χ1v) is 11.0. The summed E-state index contributed by atoms with van der Waals surface area (Å²) in [5.41, 5.74) is 2.47. The van der Waals surface area contributed by atoms with Gasteiger partial charge in [-0.05, 0) is 48.8 Å². The summed E-state index contributed by atoms with van der Waals surface area (Å²) < 4.78 is 11.2. The van der Waals surface area contributed by atoms with Crippen LogP contribution in [0.3, 0.4) is 0 Å². The Bertz CT molecular complexity index is 893. The molecule has 2 heterocycles. The molecule has 1 amide bonds. The van der Waals surface area contributed by atoms with Crippen LogP contribution < -0.4 is 4.90 Å². The van der Waals surface area contributed by atoms with Gasteiger partial charge in [0, 0.05) is 19.2 Å². The van der Waals surface area contributed by atoms with Gasteiger partial charge in [-0.1, -0.05) is 45.0 Å². The van der Waals surface area contributed by atoms with Gasteiger partial charge < -0.3 is 9.47 Å². The van der Waals surface area contributed by atoms with Crippen LogP contribution in [0.1, 0.15) is 63.4 Å². The first kappa shape index (κ1) is 20.8. The van der Waals surface area contributed by atoms with Crippen LogP contribution in [0.2, 0.25) is 0 Å². The van der Waals surface area contributed by atoms with Crippen LogP contribution in [0.4, 0.5) is 10.6 Å². The smallest absolute Gasteiger partial charge is 0.415 e. The molecule has 2 aliphatic rings. The van der Waals surface area contributed by atoms with Crippen molar-refractivity contribution in [2.75, 3.05) is 18.1 Å². The highest BCUT2D eigenvalue weighted by molar-refractivity contribution is 5.89. The maximum absolute atomic E-state index is 12.2. The number of ether oxygens (including phenoxy) is 2. The largest absolute Gasteiger partial charge is 0.447 e. The summed E-state index contributed by atoms with van der Waals surface area (Å²) in [6, 6.07) is 10.6. The van der Waals surface area contributed by atoms with Crippen LogP contribution in [0.15, 0.2) is 36.5 Å². The molecule has 1 aromatic carbocycles. The number of cyclic esters (lactones) is 1. The fourth-order valence-electron chi connectivity index (χ4n) is 4.22. The molecule has 2 aromatic rings. The monoisotopic (exact) mass is 409 g/mol. The van der Waals surface area contributed by atoms with Gasteiger partial charge in [0.2, 0.25) is 0 Å². The third kappa shape index (κ3) is 4.06. The average Bonchev–Trinajstić information content (AvgIpc) is 3.41. The maximum atomic E-state index is 12.2. The SMILES string of the molecule is CCOC1(c2ccc([C@H](C)Cc3nccc(N4C(=O)OC[C@@H]4C(C)C)n3)cc2)CC1. The highest BCUT2D eigenvalue weighted by Crippen LogP contribution is 2.49. The van der Waals surface area contributed by atoms with E-state index >= 15 is 0 Å². The lowest BCUT2D eigenvalue weighted by Crippen LogP contribution is -2.37. The lowest BCUT2D eigenvalue weighted by Gasteiger charge is -2.23. The quantitative estimate of drug-likeness (QED) is 0.625. The van der Waals surface area contributed by atoms with Crippen molar-refractivity contribution >= 4 is 11.9 Å². The standard InChI is InChI=1S/C24H31N3O3/c1-5-30-24(11-12-24)19-8-6-18(7-9-19)17(4)14-21-25-13-10-22(26-21)27-20(16(2)3)15-29-23(27)28/h6-10,13,16-17,20H,5,11-12,14-15H2,1-4H3/t17-,20-/m1/s1. The van der Waals surface area contributed by atoms with Gasteiger partial charge in [-0.3, -0.25) is 4.90 Å². The van der Waals surface area contributed by atoms with Crippen molar-refractivity contribution in [3.8, 4) is 0 Å². The Morgan fingerprint density at radius 2 is 1.93 bits per heavy atom. The molecule has 1 aliphatic carbocycles. The van der Waals surface area contributed by atoms with Gasteiger partial charge in [0.15, 0.2) is 0 Å². The number of hydrogen-bond acceptors (Lipinski definition) is 5. The molecule has 1 saturated heterocycles. The van der Waals surface area contributed by atoms with E-state index in [-0.39, 0.29) is 23.7 Å². The minimum atomic E-state index is -0.328. The summed E-state index contributed by atoms with van der Waals surface area (Å²) in [7, 11) is 0. The Balaban J connectivity index is 1.47. The van der Waals surface area contributed by atoms with Crippen molar-refractivity contribution in [3.05, 3.63) is 53.5 Å². The number of aromatic nitrogens is 2. The van der Waals surface area contributed by atoms with Gasteiger partial charge in [-0.25, -0.2) is 14.8 Å². The van der Waals surface area contributed by atoms with E-state index in [1.54, 1.807) is 17.2 Å². The molecule has 0 N–H and O–H groups in total. The van der Waals surface area contributed by atoms with Crippen molar-refractivity contribution in [1.29, 1.82) is 0 Å². The fraction of sp³-hybridized carbons (Fsp3) is 0.542. The normalized spacial score (nSPS) is 21.0. The van der Waals surface area contributed by atoms with E-state index in [0.29, 0.717) is 24.8 Å². The second-order valence-electron chi connectivity index (χ2n) is 8.74. The molecule has 1 saturated carbocycles. The molecule has 0 spiro atoms. The predicted molar refractivity (Wildman–Crippen MR) is 116 cm³/mol. The highest BCUT2D eigenvalue weighted by Gasteiger charge is 2.45. The lowest BCUT2D eigenvalue weighted by molar-refractivity contribution is 0.0396. The summed E-state index contributed by atoms with van der Waals surface area (Å²) in [6.07, 6.45) is 4.32. The van der Waals surface area contributed by atoms with Gasteiger partial charge in [0.1, 0.15) is 18.2 Å². The second kappa shape index (κ2) is 8.34. The molecule has 30 heavy (non-hydrogen) atoms. The first-order chi connectivity index (χ1) is 14.4. The molecule has 0 radical (unpaired) electrons. The Labute approximate surface area is 178 Å². The molecular weight excluding hydrogens is 378 g/mol. The van der Waals surface area contributed by atoms with Crippen molar-refractivity contribution in [2.24, 2.45) is 5.92 Å². The number of nitrogens with zero attached hydrogens (tertiary/aromatic N) is 3. The van der Waals surface area contributed by atoms with E-state index in [0.717, 1.165) is 25.3 Å². The number of amides is 1. The summed E-state index contributed by atoms with van der Waals surface area (Å²) >= 11 is 0. The number of anilines is 1.